The molecule has 4 rings (SSSR count). The summed E-state index contributed by atoms with van der Waals surface area (Å²) in [5.41, 5.74) is 3.03. The number of anilines is 1. The van der Waals surface area contributed by atoms with Crippen molar-refractivity contribution >= 4 is 34.1 Å². The third kappa shape index (κ3) is 3.27. The lowest BCUT2D eigenvalue weighted by Crippen LogP contribution is -2.16. The largest absolute Gasteiger partial charge is 0.319 e. The van der Waals surface area contributed by atoms with E-state index in [1.165, 1.54) is 0 Å². The third-order valence-corrected chi connectivity index (χ3v) is 4.21. The van der Waals surface area contributed by atoms with E-state index in [2.05, 4.69) is 15.3 Å². The molecule has 3 aromatic carbocycles. The highest BCUT2D eigenvalue weighted by molar-refractivity contribution is 6.30. The molecule has 0 saturated carbocycles. The molecule has 1 amide bonds. The molecule has 26 heavy (non-hydrogen) atoms. The Morgan fingerprint density at radius 2 is 1.50 bits per heavy atom. The Morgan fingerprint density at radius 1 is 0.808 bits per heavy atom. The first-order valence-corrected chi connectivity index (χ1v) is 8.47. The first kappa shape index (κ1) is 16.2. The van der Waals surface area contributed by atoms with Gasteiger partial charge in [-0.3, -0.25) is 4.79 Å². The van der Waals surface area contributed by atoms with Crippen LogP contribution in [-0.4, -0.2) is 15.9 Å². The predicted octanol–water partition coefficient (Wildman–Crippen LogP) is 5.20. The summed E-state index contributed by atoms with van der Waals surface area (Å²) in [6, 6.07) is 24.3. The van der Waals surface area contributed by atoms with E-state index in [9.17, 15) is 4.79 Å². The molecule has 0 fully saturated rings. The third-order valence-electron chi connectivity index (χ3n) is 3.96. The van der Waals surface area contributed by atoms with E-state index >= 15 is 0 Å². The van der Waals surface area contributed by atoms with Crippen LogP contribution in [-0.2, 0) is 0 Å². The first-order valence-electron chi connectivity index (χ1n) is 8.10. The van der Waals surface area contributed by atoms with Gasteiger partial charge in [-0.1, -0.05) is 60.1 Å². The smallest absolute Gasteiger partial charge is 0.293 e. The van der Waals surface area contributed by atoms with Gasteiger partial charge < -0.3 is 5.32 Å². The zero-order chi connectivity index (χ0) is 17.9. The van der Waals surface area contributed by atoms with Gasteiger partial charge in [0.1, 0.15) is 0 Å². The second-order valence-corrected chi connectivity index (χ2v) is 6.18. The Kier molecular flexibility index (Phi) is 4.33. The molecule has 0 aliphatic heterocycles. The maximum Gasteiger partial charge on any atom is 0.293 e. The Morgan fingerprint density at radius 3 is 2.27 bits per heavy atom. The molecular formula is C21H14ClN3O. The van der Waals surface area contributed by atoms with Gasteiger partial charge in [-0.05, 0) is 30.3 Å². The molecular weight excluding hydrogens is 346 g/mol. The number of fused-ring (bicyclic) bond motifs is 1. The number of carbonyl (C=O) groups excluding carboxylic acids is 1. The van der Waals surface area contributed by atoms with Gasteiger partial charge in [0.15, 0.2) is 0 Å². The van der Waals surface area contributed by atoms with E-state index in [-0.39, 0.29) is 11.7 Å². The van der Waals surface area contributed by atoms with E-state index in [1.807, 2.05) is 54.6 Å². The van der Waals surface area contributed by atoms with Crippen molar-refractivity contribution in [3.8, 4) is 11.3 Å². The van der Waals surface area contributed by atoms with E-state index in [1.54, 1.807) is 24.3 Å². The average Bonchev–Trinajstić information content (AvgIpc) is 2.69. The number of rotatable bonds is 3. The fourth-order valence-corrected chi connectivity index (χ4v) is 2.84. The molecule has 4 nitrogen and oxygen atoms in total. The number of aromatic nitrogens is 2. The van der Waals surface area contributed by atoms with E-state index in [4.69, 9.17) is 11.6 Å². The minimum atomic E-state index is -0.366. The van der Waals surface area contributed by atoms with Crippen LogP contribution in [0.1, 0.15) is 10.6 Å². The minimum Gasteiger partial charge on any atom is -0.319 e. The van der Waals surface area contributed by atoms with Gasteiger partial charge in [0.25, 0.3) is 5.91 Å². The second kappa shape index (κ2) is 6.94. The van der Waals surface area contributed by atoms with Crippen LogP contribution < -0.4 is 5.32 Å². The van der Waals surface area contributed by atoms with Gasteiger partial charge >= 0.3 is 0 Å². The highest BCUT2D eigenvalue weighted by Crippen LogP contribution is 2.26. The molecule has 4 aromatic rings. The van der Waals surface area contributed by atoms with Crippen molar-refractivity contribution in [2.24, 2.45) is 0 Å². The molecule has 0 atom stereocenters. The van der Waals surface area contributed by atoms with Crippen LogP contribution in [0.15, 0.2) is 78.9 Å². The SMILES string of the molecule is O=C(Nc1ccc(Cl)cc1)c1nc(-c2ccccc2)c2ccccc2n1. The fourth-order valence-electron chi connectivity index (χ4n) is 2.71. The van der Waals surface area contributed by atoms with Gasteiger partial charge in [0.05, 0.1) is 11.2 Å². The number of halogens is 1. The molecule has 1 heterocycles. The normalized spacial score (nSPS) is 10.7. The van der Waals surface area contributed by atoms with Crippen molar-refractivity contribution in [3.63, 3.8) is 0 Å². The molecule has 0 radical (unpaired) electrons. The number of carbonyl (C=O) groups is 1. The van der Waals surface area contributed by atoms with E-state index in [0.717, 1.165) is 22.2 Å². The topological polar surface area (TPSA) is 54.9 Å². The van der Waals surface area contributed by atoms with Crippen molar-refractivity contribution in [3.05, 3.63) is 89.7 Å². The standard InChI is InChI=1S/C21H14ClN3O/c22-15-10-12-16(13-11-15)23-21(26)20-24-18-9-5-4-8-17(18)19(25-20)14-6-2-1-3-7-14/h1-13H,(H,23,26). The Labute approximate surface area is 155 Å². The Bertz CT molecular complexity index is 1080. The molecule has 126 valence electrons. The summed E-state index contributed by atoms with van der Waals surface area (Å²) in [7, 11) is 0. The van der Waals surface area contributed by atoms with Crippen LogP contribution in [0.25, 0.3) is 22.2 Å². The summed E-state index contributed by atoms with van der Waals surface area (Å²) >= 11 is 5.88. The number of hydrogen-bond donors (Lipinski definition) is 1. The lowest BCUT2D eigenvalue weighted by molar-refractivity contribution is 0.101. The zero-order valence-electron chi connectivity index (χ0n) is 13.7. The lowest BCUT2D eigenvalue weighted by atomic mass is 10.1. The number of para-hydroxylation sites is 1. The van der Waals surface area contributed by atoms with Gasteiger partial charge in [-0.25, -0.2) is 9.97 Å². The Hall–Kier alpha value is -3.24. The van der Waals surface area contributed by atoms with Crippen molar-refractivity contribution in [1.82, 2.24) is 9.97 Å². The summed E-state index contributed by atoms with van der Waals surface area (Å²) in [6.07, 6.45) is 0. The molecule has 0 aliphatic carbocycles. The van der Waals surface area contributed by atoms with Crippen molar-refractivity contribution in [2.75, 3.05) is 5.32 Å². The first-order chi connectivity index (χ1) is 12.7. The monoisotopic (exact) mass is 359 g/mol. The lowest BCUT2D eigenvalue weighted by Gasteiger charge is -2.09. The molecule has 0 unspecified atom stereocenters. The molecule has 1 N–H and O–H groups in total. The molecule has 0 saturated heterocycles. The summed E-state index contributed by atoms with van der Waals surface area (Å²) in [5.74, 6) is -0.243. The number of amides is 1. The number of nitrogens with one attached hydrogen (secondary N) is 1. The average molecular weight is 360 g/mol. The van der Waals surface area contributed by atoms with Crippen LogP contribution in [0.3, 0.4) is 0 Å². The maximum absolute atomic E-state index is 12.7. The second-order valence-electron chi connectivity index (χ2n) is 5.74. The quantitative estimate of drug-likeness (QED) is 0.546. The number of benzene rings is 3. The predicted molar refractivity (Wildman–Crippen MR) is 104 cm³/mol. The van der Waals surface area contributed by atoms with Crippen LogP contribution in [0.5, 0.6) is 0 Å². The minimum absolute atomic E-state index is 0.123. The van der Waals surface area contributed by atoms with Crippen molar-refractivity contribution in [2.45, 2.75) is 0 Å². The summed E-state index contributed by atoms with van der Waals surface area (Å²) in [4.78, 5) is 21.6. The van der Waals surface area contributed by atoms with Crippen LogP contribution in [0, 0.1) is 0 Å². The highest BCUT2D eigenvalue weighted by Gasteiger charge is 2.15. The summed E-state index contributed by atoms with van der Waals surface area (Å²) < 4.78 is 0. The van der Waals surface area contributed by atoms with Crippen LogP contribution in [0.4, 0.5) is 5.69 Å². The van der Waals surface area contributed by atoms with Crippen LogP contribution >= 0.6 is 11.6 Å². The summed E-state index contributed by atoms with van der Waals surface area (Å²) in [6.45, 7) is 0. The van der Waals surface area contributed by atoms with Crippen molar-refractivity contribution in [1.29, 1.82) is 0 Å². The molecule has 0 bridgehead atoms. The van der Waals surface area contributed by atoms with Gasteiger partial charge in [0, 0.05) is 21.7 Å². The summed E-state index contributed by atoms with van der Waals surface area (Å²) in [5, 5.41) is 4.32. The van der Waals surface area contributed by atoms with Gasteiger partial charge in [0.2, 0.25) is 5.82 Å². The zero-order valence-corrected chi connectivity index (χ0v) is 14.4. The fraction of sp³-hybridized carbons (Fsp3) is 0. The molecule has 5 heteroatoms. The Balaban J connectivity index is 1.78. The number of hydrogen-bond acceptors (Lipinski definition) is 3. The van der Waals surface area contributed by atoms with Crippen LogP contribution in [0.2, 0.25) is 5.02 Å². The van der Waals surface area contributed by atoms with Gasteiger partial charge in [-0.2, -0.15) is 0 Å². The highest BCUT2D eigenvalue weighted by atomic mass is 35.5. The molecule has 0 aliphatic rings. The number of nitrogens with zero attached hydrogens (tertiary/aromatic N) is 2. The van der Waals surface area contributed by atoms with E-state index < -0.39 is 0 Å². The maximum atomic E-state index is 12.7. The van der Waals surface area contributed by atoms with Gasteiger partial charge in [-0.15, -0.1) is 0 Å². The van der Waals surface area contributed by atoms with E-state index in [0.29, 0.717) is 10.7 Å². The van der Waals surface area contributed by atoms with Crippen molar-refractivity contribution < 1.29 is 4.79 Å². The molecule has 1 aromatic heterocycles. The molecule has 0 spiro atoms.